The van der Waals surface area contributed by atoms with E-state index in [1.807, 2.05) is 0 Å². The highest BCUT2D eigenvalue weighted by Gasteiger charge is 2.21. The van der Waals surface area contributed by atoms with E-state index in [1.54, 1.807) is 0 Å². The molecule has 12 aromatic rings. The van der Waals surface area contributed by atoms with Crippen molar-refractivity contribution in [2.24, 2.45) is 0 Å². The molecule has 0 aliphatic heterocycles. The average molecular weight is 816 g/mol. The van der Waals surface area contributed by atoms with Crippen molar-refractivity contribution in [3.05, 3.63) is 249 Å². The Morgan fingerprint density at radius 1 is 0.266 bits per heavy atom. The van der Waals surface area contributed by atoms with Gasteiger partial charge in [-0.25, -0.2) is 0 Å². The molecular weight excluding hydrogens is 775 g/mol. The van der Waals surface area contributed by atoms with Gasteiger partial charge in [0.2, 0.25) is 0 Å². The van der Waals surface area contributed by atoms with Gasteiger partial charge >= 0.3 is 0 Å². The fourth-order valence-corrected chi connectivity index (χ4v) is 9.58. The van der Waals surface area contributed by atoms with Gasteiger partial charge in [-0.1, -0.05) is 194 Å². The van der Waals surface area contributed by atoms with Crippen LogP contribution in [0.5, 0.6) is 0 Å². The van der Waals surface area contributed by atoms with Gasteiger partial charge in [0.1, 0.15) is 11.2 Å². The van der Waals surface area contributed by atoms with E-state index in [0.29, 0.717) is 0 Å². The summed E-state index contributed by atoms with van der Waals surface area (Å²) in [6, 6.07) is 89.7. The maximum atomic E-state index is 6.59. The molecule has 1 heterocycles. The number of benzene rings is 11. The lowest BCUT2D eigenvalue weighted by Crippen LogP contribution is -2.11. The summed E-state index contributed by atoms with van der Waals surface area (Å²) in [7, 11) is 0. The van der Waals surface area contributed by atoms with E-state index >= 15 is 0 Å². The van der Waals surface area contributed by atoms with Crippen LogP contribution in [0.15, 0.2) is 253 Å². The van der Waals surface area contributed by atoms with Gasteiger partial charge in [0, 0.05) is 27.7 Å². The summed E-state index contributed by atoms with van der Waals surface area (Å²) >= 11 is 0. The molecular formula is C62H41NO. The molecule has 0 saturated carbocycles. The monoisotopic (exact) mass is 815 g/mol. The van der Waals surface area contributed by atoms with Crippen molar-refractivity contribution >= 4 is 60.5 Å². The molecule has 1 aromatic heterocycles. The number of nitrogens with zero attached hydrogens (tertiary/aromatic N) is 1. The van der Waals surface area contributed by atoms with Crippen LogP contribution < -0.4 is 4.90 Å². The summed E-state index contributed by atoms with van der Waals surface area (Å²) in [5.74, 6) is 0. The maximum Gasteiger partial charge on any atom is 0.136 e. The molecule has 64 heavy (non-hydrogen) atoms. The first-order valence-electron chi connectivity index (χ1n) is 21.9. The second kappa shape index (κ2) is 15.8. The Bertz CT molecular complexity index is 3640. The molecule has 2 heteroatoms. The fraction of sp³-hybridized carbons (Fsp3) is 0. The molecule has 300 valence electrons. The van der Waals surface area contributed by atoms with Crippen LogP contribution in [0.25, 0.3) is 99.1 Å². The zero-order valence-corrected chi connectivity index (χ0v) is 35.0. The summed E-state index contributed by atoms with van der Waals surface area (Å²) in [6.07, 6.45) is 0. The Hall–Kier alpha value is -8.46. The number of fused-ring (bicyclic) bond motifs is 5. The molecule has 0 amide bonds. The van der Waals surface area contributed by atoms with Crippen LogP contribution in [-0.2, 0) is 0 Å². The fourth-order valence-electron chi connectivity index (χ4n) is 9.58. The molecule has 0 N–H and O–H groups in total. The SMILES string of the molecule is c1ccc(-c2ccc(-c3ccc(N(c4ccc(-c5cccc6ccccc56)cc4)c4ccccc4-c4cccc5oc6cc7ccccc7cc6c45)cc3)cc2-c2ccccc2)cc1. The van der Waals surface area contributed by atoms with Gasteiger partial charge in [-0.05, 0) is 126 Å². The molecule has 0 radical (unpaired) electrons. The van der Waals surface area contributed by atoms with Crippen LogP contribution in [0.3, 0.4) is 0 Å². The summed E-state index contributed by atoms with van der Waals surface area (Å²) in [6.45, 7) is 0. The Balaban J connectivity index is 1.01. The van der Waals surface area contributed by atoms with Gasteiger partial charge < -0.3 is 9.32 Å². The van der Waals surface area contributed by atoms with Crippen molar-refractivity contribution in [1.29, 1.82) is 0 Å². The van der Waals surface area contributed by atoms with Gasteiger partial charge in [-0.3, -0.25) is 0 Å². The van der Waals surface area contributed by atoms with E-state index in [4.69, 9.17) is 4.42 Å². The van der Waals surface area contributed by atoms with Gasteiger partial charge in [-0.15, -0.1) is 0 Å². The number of hydrogen-bond donors (Lipinski definition) is 0. The molecule has 12 rings (SSSR count). The van der Waals surface area contributed by atoms with Crippen LogP contribution in [0.1, 0.15) is 0 Å². The van der Waals surface area contributed by atoms with Crippen molar-refractivity contribution in [3.8, 4) is 55.6 Å². The second-order valence-corrected chi connectivity index (χ2v) is 16.4. The standard InChI is InChI=1S/C62H41NO/c1-3-15-43(16-4-1)54-38-33-49(39-57(54)45-17-5-2-6-18-45)42-29-34-50(35-30-42)63(51-36-31-46(32-37-51)53-25-13-22-44-19-9-10-23-52(44)53)59-27-12-11-24-55(59)56-26-14-28-60-62(56)58-40-47-20-7-8-21-48(47)41-61(58)64-60/h1-41H. The Morgan fingerprint density at radius 3 is 1.55 bits per heavy atom. The minimum atomic E-state index is 0.876. The topological polar surface area (TPSA) is 16.4 Å². The molecule has 11 aromatic carbocycles. The molecule has 0 saturated heterocycles. The lowest BCUT2D eigenvalue weighted by molar-refractivity contribution is 0.669. The Labute approximate surface area is 372 Å². The summed E-state index contributed by atoms with van der Waals surface area (Å²) < 4.78 is 6.59. The predicted molar refractivity (Wildman–Crippen MR) is 271 cm³/mol. The van der Waals surface area contributed by atoms with Gasteiger partial charge in [0.05, 0.1) is 5.69 Å². The average Bonchev–Trinajstić information content (AvgIpc) is 3.74. The largest absolute Gasteiger partial charge is 0.456 e. The highest BCUT2D eigenvalue weighted by atomic mass is 16.3. The first-order valence-corrected chi connectivity index (χ1v) is 21.9. The van der Waals surface area contributed by atoms with Crippen LogP contribution in [0.2, 0.25) is 0 Å². The smallest absolute Gasteiger partial charge is 0.136 e. The number of furan rings is 1. The zero-order chi connectivity index (χ0) is 42.4. The molecule has 0 aliphatic rings. The van der Waals surface area contributed by atoms with Crippen molar-refractivity contribution in [2.45, 2.75) is 0 Å². The number of para-hydroxylation sites is 1. The molecule has 2 nitrogen and oxygen atoms in total. The van der Waals surface area contributed by atoms with Crippen molar-refractivity contribution in [1.82, 2.24) is 0 Å². The quantitative estimate of drug-likeness (QED) is 0.152. The molecule has 0 spiro atoms. The lowest BCUT2D eigenvalue weighted by Gasteiger charge is -2.28. The minimum Gasteiger partial charge on any atom is -0.456 e. The molecule has 0 aliphatic carbocycles. The van der Waals surface area contributed by atoms with Crippen molar-refractivity contribution < 1.29 is 4.42 Å². The number of anilines is 3. The number of rotatable bonds is 8. The van der Waals surface area contributed by atoms with Crippen molar-refractivity contribution in [3.63, 3.8) is 0 Å². The van der Waals surface area contributed by atoms with E-state index in [1.165, 1.54) is 60.5 Å². The van der Waals surface area contributed by atoms with E-state index < -0.39 is 0 Å². The van der Waals surface area contributed by atoms with Crippen molar-refractivity contribution in [2.75, 3.05) is 4.90 Å². The van der Waals surface area contributed by atoms with E-state index in [2.05, 4.69) is 254 Å². The van der Waals surface area contributed by atoms with Gasteiger partial charge in [0.15, 0.2) is 0 Å². The van der Waals surface area contributed by atoms with Gasteiger partial charge in [0.25, 0.3) is 0 Å². The van der Waals surface area contributed by atoms with Crippen LogP contribution in [0, 0.1) is 0 Å². The Kier molecular flexibility index (Phi) is 9.20. The lowest BCUT2D eigenvalue weighted by atomic mass is 9.91. The second-order valence-electron chi connectivity index (χ2n) is 16.4. The third-order valence-corrected chi connectivity index (χ3v) is 12.7. The molecule has 0 atom stereocenters. The third kappa shape index (κ3) is 6.61. The third-order valence-electron chi connectivity index (χ3n) is 12.7. The summed E-state index contributed by atoms with van der Waals surface area (Å²) in [5.41, 5.74) is 16.8. The minimum absolute atomic E-state index is 0.876. The highest BCUT2D eigenvalue weighted by Crippen LogP contribution is 2.46. The molecule has 0 bridgehead atoms. The maximum absolute atomic E-state index is 6.59. The van der Waals surface area contributed by atoms with E-state index in [9.17, 15) is 0 Å². The first-order chi connectivity index (χ1) is 31.7. The van der Waals surface area contributed by atoms with Gasteiger partial charge in [-0.2, -0.15) is 0 Å². The van der Waals surface area contributed by atoms with Crippen LogP contribution in [0.4, 0.5) is 17.1 Å². The van der Waals surface area contributed by atoms with E-state index in [-0.39, 0.29) is 0 Å². The normalized spacial score (nSPS) is 11.4. The molecule has 0 fully saturated rings. The van der Waals surface area contributed by atoms with Crippen LogP contribution >= 0.6 is 0 Å². The Morgan fingerprint density at radius 2 is 0.797 bits per heavy atom. The van der Waals surface area contributed by atoms with E-state index in [0.717, 1.165) is 55.7 Å². The highest BCUT2D eigenvalue weighted by molar-refractivity contribution is 6.16. The zero-order valence-electron chi connectivity index (χ0n) is 35.0. The first kappa shape index (κ1) is 37.3. The summed E-state index contributed by atoms with van der Waals surface area (Å²) in [4.78, 5) is 2.40. The molecule has 0 unspecified atom stereocenters. The predicted octanol–water partition coefficient (Wildman–Crippen LogP) is 17.7. The summed E-state index contributed by atoms with van der Waals surface area (Å²) in [5, 5.41) is 7.07. The van der Waals surface area contributed by atoms with Crippen LogP contribution in [-0.4, -0.2) is 0 Å². The number of hydrogen-bond acceptors (Lipinski definition) is 2.